The molecule has 0 amide bonds. The van der Waals surface area contributed by atoms with E-state index in [-0.39, 0.29) is 11.2 Å². The van der Waals surface area contributed by atoms with Gasteiger partial charge < -0.3 is 11.1 Å². The molecule has 1 aromatic rings. The highest BCUT2D eigenvalue weighted by Gasteiger charge is 2.19. The first-order valence-corrected chi connectivity index (χ1v) is 6.23. The van der Waals surface area contributed by atoms with Gasteiger partial charge in [0.2, 0.25) is 0 Å². The number of rotatable bonds is 7. The molecule has 0 unspecified atom stereocenters. The predicted octanol–water partition coefficient (Wildman–Crippen LogP) is 2.43. The van der Waals surface area contributed by atoms with Crippen molar-refractivity contribution in [3.63, 3.8) is 0 Å². The molecular formula is C14H23FN2. The molecule has 17 heavy (non-hydrogen) atoms. The Bertz CT molecular complexity index is 319. The molecule has 0 fully saturated rings. The highest BCUT2D eigenvalue weighted by Crippen LogP contribution is 2.22. The Kier molecular flexibility index (Phi) is 5.59. The maximum Gasteiger partial charge on any atom is 0.123 e. The van der Waals surface area contributed by atoms with Crippen molar-refractivity contribution in [3.8, 4) is 0 Å². The summed E-state index contributed by atoms with van der Waals surface area (Å²) < 4.78 is 12.8. The molecule has 1 rings (SSSR count). The van der Waals surface area contributed by atoms with Crippen LogP contribution in [0, 0.1) is 5.82 Å². The first-order valence-electron chi connectivity index (χ1n) is 6.23. The van der Waals surface area contributed by atoms with Crippen molar-refractivity contribution >= 4 is 0 Å². The van der Waals surface area contributed by atoms with Crippen molar-refractivity contribution in [1.82, 2.24) is 5.32 Å². The number of halogens is 1. The van der Waals surface area contributed by atoms with Crippen LogP contribution in [0.3, 0.4) is 0 Å². The van der Waals surface area contributed by atoms with Gasteiger partial charge in [-0.2, -0.15) is 0 Å². The second-order valence-corrected chi connectivity index (χ2v) is 5.06. The zero-order valence-corrected chi connectivity index (χ0v) is 10.8. The zero-order valence-electron chi connectivity index (χ0n) is 10.8. The van der Waals surface area contributed by atoms with E-state index < -0.39 is 0 Å². The van der Waals surface area contributed by atoms with Gasteiger partial charge in [-0.15, -0.1) is 0 Å². The third-order valence-corrected chi connectivity index (χ3v) is 3.00. The fourth-order valence-corrected chi connectivity index (χ4v) is 1.80. The largest absolute Gasteiger partial charge is 0.330 e. The average molecular weight is 238 g/mol. The molecular weight excluding hydrogens is 215 g/mol. The number of hydrogen-bond donors (Lipinski definition) is 2. The Morgan fingerprint density at radius 1 is 1.18 bits per heavy atom. The van der Waals surface area contributed by atoms with Gasteiger partial charge in [-0.05, 0) is 43.6 Å². The van der Waals surface area contributed by atoms with Crippen molar-refractivity contribution in [2.75, 3.05) is 19.6 Å². The molecule has 0 aliphatic rings. The summed E-state index contributed by atoms with van der Waals surface area (Å²) in [4.78, 5) is 0. The van der Waals surface area contributed by atoms with E-state index in [4.69, 9.17) is 5.73 Å². The van der Waals surface area contributed by atoms with Crippen LogP contribution in [0.15, 0.2) is 24.3 Å². The highest BCUT2D eigenvalue weighted by atomic mass is 19.1. The second kappa shape index (κ2) is 6.72. The van der Waals surface area contributed by atoms with Crippen molar-refractivity contribution in [1.29, 1.82) is 0 Å². The van der Waals surface area contributed by atoms with Crippen LogP contribution in [0.4, 0.5) is 4.39 Å². The van der Waals surface area contributed by atoms with Gasteiger partial charge >= 0.3 is 0 Å². The minimum absolute atomic E-state index is 0.0242. The predicted molar refractivity (Wildman–Crippen MR) is 70.6 cm³/mol. The summed E-state index contributed by atoms with van der Waals surface area (Å²) in [5.74, 6) is -0.180. The summed E-state index contributed by atoms with van der Waals surface area (Å²) in [7, 11) is 0. The molecule has 0 saturated carbocycles. The van der Waals surface area contributed by atoms with Crippen molar-refractivity contribution < 1.29 is 4.39 Å². The van der Waals surface area contributed by atoms with E-state index in [0.717, 1.165) is 38.0 Å². The molecule has 0 aliphatic carbocycles. The van der Waals surface area contributed by atoms with Crippen LogP contribution in [0.25, 0.3) is 0 Å². The highest BCUT2D eigenvalue weighted by molar-refractivity contribution is 5.24. The Labute approximate surface area is 103 Å². The van der Waals surface area contributed by atoms with Gasteiger partial charge in [0, 0.05) is 12.0 Å². The number of unbranched alkanes of at least 4 members (excludes halogenated alkanes) is 1. The minimum Gasteiger partial charge on any atom is -0.330 e. The molecule has 1 aromatic carbocycles. The van der Waals surface area contributed by atoms with E-state index in [1.165, 1.54) is 12.1 Å². The standard InChI is InChI=1S/C14H23FN2/c1-14(2,11-17-10-4-3-9-16)12-5-7-13(15)8-6-12/h5-8,17H,3-4,9-11,16H2,1-2H3. The van der Waals surface area contributed by atoms with Crippen molar-refractivity contribution in [2.24, 2.45) is 5.73 Å². The van der Waals surface area contributed by atoms with Crippen LogP contribution in [0.1, 0.15) is 32.3 Å². The number of nitrogens with two attached hydrogens (primary N) is 1. The van der Waals surface area contributed by atoms with E-state index in [1.807, 2.05) is 12.1 Å². The van der Waals surface area contributed by atoms with Crippen LogP contribution in [-0.4, -0.2) is 19.6 Å². The van der Waals surface area contributed by atoms with Crippen LogP contribution in [0.2, 0.25) is 0 Å². The lowest BCUT2D eigenvalue weighted by atomic mass is 9.84. The normalized spacial score (nSPS) is 11.8. The summed E-state index contributed by atoms with van der Waals surface area (Å²) in [6.45, 7) is 6.96. The fraction of sp³-hybridized carbons (Fsp3) is 0.571. The smallest absolute Gasteiger partial charge is 0.123 e. The van der Waals surface area contributed by atoms with Crippen LogP contribution < -0.4 is 11.1 Å². The number of benzene rings is 1. The molecule has 3 heteroatoms. The van der Waals surface area contributed by atoms with Gasteiger partial charge in [0.1, 0.15) is 5.82 Å². The maximum atomic E-state index is 12.8. The summed E-state index contributed by atoms with van der Waals surface area (Å²) in [5, 5.41) is 3.42. The topological polar surface area (TPSA) is 38.0 Å². The van der Waals surface area contributed by atoms with Gasteiger partial charge in [0.15, 0.2) is 0 Å². The summed E-state index contributed by atoms with van der Waals surface area (Å²) in [5.41, 5.74) is 6.62. The molecule has 0 bridgehead atoms. The van der Waals surface area contributed by atoms with E-state index in [0.29, 0.717) is 0 Å². The Morgan fingerprint density at radius 3 is 2.41 bits per heavy atom. The summed E-state index contributed by atoms with van der Waals surface area (Å²) in [6, 6.07) is 6.75. The van der Waals surface area contributed by atoms with Crippen LogP contribution in [-0.2, 0) is 5.41 Å². The minimum atomic E-state index is -0.180. The molecule has 0 aliphatic heterocycles. The second-order valence-electron chi connectivity index (χ2n) is 5.06. The SMILES string of the molecule is CC(C)(CNCCCCN)c1ccc(F)cc1. The molecule has 0 heterocycles. The average Bonchev–Trinajstić information content (AvgIpc) is 2.29. The molecule has 0 saturated heterocycles. The molecule has 2 nitrogen and oxygen atoms in total. The van der Waals surface area contributed by atoms with Crippen molar-refractivity contribution in [3.05, 3.63) is 35.6 Å². The van der Waals surface area contributed by atoms with Gasteiger partial charge in [-0.3, -0.25) is 0 Å². The molecule has 96 valence electrons. The molecule has 3 N–H and O–H groups in total. The van der Waals surface area contributed by atoms with E-state index in [9.17, 15) is 4.39 Å². The van der Waals surface area contributed by atoms with E-state index >= 15 is 0 Å². The number of hydrogen-bond acceptors (Lipinski definition) is 2. The van der Waals surface area contributed by atoms with E-state index in [1.54, 1.807) is 0 Å². The van der Waals surface area contributed by atoms with Crippen LogP contribution >= 0.6 is 0 Å². The maximum absolute atomic E-state index is 12.8. The molecule has 0 aromatic heterocycles. The van der Waals surface area contributed by atoms with Gasteiger partial charge in [0.25, 0.3) is 0 Å². The van der Waals surface area contributed by atoms with Gasteiger partial charge in [-0.1, -0.05) is 26.0 Å². The Hall–Kier alpha value is -0.930. The van der Waals surface area contributed by atoms with Crippen LogP contribution in [0.5, 0.6) is 0 Å². The zero-order chi connectivity index (χ0) is 12.7. The quantitative estimate of drug-likeness (QED) is 0.716. The lowest BCUT2D eigenvalue weighted by Crippen LogP contribution is -2.33. The number of nitrogens with one attached hydrogen (secondary N) is 1. The lowest BCUT2D eigenvalue weighted by Gasteiger charge is -2.25. The monoisotopic (exact) mass is 238 g/mol. The molecule has 0 spiro atoms. The first kappa shape index (κ1) is 14.1. The Balaban J connectivity index is 2.42. The third-order valence-electron chi connectivity index (χ3n) is 3.00. The molecule has 0 radical (unpaired) electrons. The van der Waals surface area contributed by atoms with Crippen molar-refractivity contribution in [2.45, 2.75) is 32.1 Å². The first-order chi connectivity index (χ1) is 8.06. The van der Waals surface area contributed by atoms with Gasteiger partial charge in [0.05, 0.1) is 0 Å². The third kappa shape index (κ3) is 4.84. The lowest BCUT2D eigenvalue weighted by molar-refractivity contribution is 0.463. The van der Waals surface area contributed by atoms with Gasteiger partial charge in [-0.25, -0.2) is 4.39 Å². The summed E-state index contributed by atoms with van der Waals surface area (Å²) >= 11 is 0. The molecule has 0 atom stereocenters. The van der Waals surface area contributed by atoms with E-state index in [2.05, 4.69) is 19.2 Å². The fourth-order valence-electron chi connectivity index (χ4n) is 1.80. The summed E-state index contributed by atoms with van der Waals surface area (Å²) in [6.07, 6.45) is 2.17. The Morgan fingerprint density at radius 2 is 1.82 bits per heavy atom.